The number of amides is 1. The van der Waals surface area contributed by atoms with Crippen LogP contribution in [0.3, 0.4) is 0 Å². The average Bonchev–Trinajstić information content (AvgIpc) is 2.48. The van der Waals surface area contributed by atoms with Gasteiger partial charge in [-0.05, 0) is 38.8 Å². The Labute approximate surface area is 111 Å². The van der Waals surface area contributed by atoms with E-state index in [-0.39, 0.29) is 11.9 Å². The van der Waals surface area contributed by atoms with Crippen LogP contribution in [-0.4, -0.2) is 54.5 Å². The van der Waals surface area contributed by atoms with Crippen molar-refractivity contribution in [3.63, 3.8) is 0 Å². The molecular weight excluding hydrogens is 226 g/mol. The fraction of sp³-hybridized carbons (Fsp3) is 0.929. The monoisotopic (exact) mass is 255 g/mol. The van der Waals surface area contributed by atoms with Gasteiger partial charge in [0.1, 0.15) is 0 Å². The normalized spacial score (nSPS) is 24.1. The Morgan fingerprint density at radius 2 is 2.06 bits per heavy atom. The molecule has 1 rings (SSSR count). The van der Waals surface area contributed by atoms with Gasteiger partial charge in [0, 0.05) is 19.1 Å². The van der Waals surface area contributed by atoms with Crippen molar-refractivity contribution < 1.29 is 4.79 Å². The lowest BCUT2D eigenvalue weighted by molar-refractivity contribution is -0.135. The molecule has 1 fully saturated rings. The lowest BCUT2D eigenvalue weighted by Gasteiger charge is -2.32. The Morgan fingerprint density at radius 3 is 2.61 bits per heavy atom. The number of hydrogen-bond donors (Lipinski definition) is 1. The smallest absolute Gasteiger partial charge is 0.239 e. The van der Waals surface area contributed by atoms with Crippen molar-refractivity contribution in [3.8, 4) is 0 Å². The lowest BCUT2D eigenvalue weighted by atomic mass is 10.0. The maximum atomic E-state index is 12.4. The second kappa shape index (κ2) is 7.10. The van der Waals surface area contributed by atoms with Crippen LogP contribution in [0.25, 0.3) is 0 Å². The van der Waals surface area contributed by atoms with Gasteiger partial charge in [-0.1, -0.05) is 20.8 Å². The van der Waals surface area contributed by atoms with Gasteiger partial charge < -0.3 is 15.5 Å². The zero-order valence-electron chi connectivity index (χ0n) is 12.4. The number of carbonyl (C=O) groups excluding carboxylic acids is 1. The van der Waals surface area contributed by atoms with Gasteiger partial charge >= 0.3 is 0 Å². The van der Waals surface area contributed by atoms with E-state index in [0.29, 0.717) is 12.0 Å². The summed E-state index contributed by atoms with van der Waals surface area (Å²) in [5, 5.41) is 0. The fourth-order valence-electron chi connectivity index (χ4n) is 2.70. The van der Waals surface area contributed by atoms with Gasteiger partial charge in [-0.25, -0.2) is 0 Å². The third kappa shape index (κ3) is 4.25. The Hall–Kier alpha value is -0.610. The first-order chi connectivity index (χ1) is 8.45. The van der Waals surface area contributed by atoms with Crippen molar-refractivity contribution in [1.82, 2.24) is 9.80 Å². The van der Waals surface area contributed by atoms with Crippen LogP contribution >= 0.6 is 0 Å². The molecule has 0 bridgehead atoms. The third-order valence-corrected chi connectivity index (χ3v) is 3.70. The van der Waals surface area contributed by atoms with Crippen LogP contribution in [0.2, 0.25) is 0 Å². The second-order valence-corrected chi connectivity index (χ2v) is 5.95. The first-order valence-electron chi connectivity index (χ1n) is 7.20. The molecule has 0 radical (unpaired) electrons. The number of carbonyl (C=O) groups is 1. The van der Waals surface area contributed by atoms with E-state index in [0.717, 1.165) is 38.9 Å². The highest BCUT2D eigenvalue weighted by molar-refractivity contribution is 5.82. The zero-order valence-corrected chi connectivity index (χ0v) is 12.4. The van der Waals surface area contributed by atoms with Gasteiger partial charge in [-0.15, -0.1) is 0 Å². The Balaban J connectivity index is 2.68. The van der Waals surface area contributed by atoms with E-state index in [9.17, 15) is 4.79 Å². The first-order valence-corrected chi connectivity index (χ1v) is 7.20. The summed E-state index contributed by atoms with van der Waals surface area (Å²) >= 11 is 0. The van der Waals surface area contributed by atoms with Gasteiger partial charge in [0.05, 0.1) is 6.04 Å². The van der Waals surface area contributed by atoms with Crippen LogP contribution in [0.4, 0.5) is 0 Å². The number of hydrogen-bond acceptors (Lipinski definition) is 3. The molecule has 1 saturated heterocycles. The average molecular weight is 255 g/mol. The van der Waals surface area contributed by atoms with Crippen molar-refractivity contribution in [2.24, 2.45) is 11.7 Å². The molecule has 2 N–H and O–H groups in total. The number of nitrogens with two attached hydrogens (primary N) is 1. The van der Waals surface area contributed by atoms with E-state index in [4.69, 9.17) is 5.73 Å². The van der Waals surface area contributed by atoms with E-state index in [1.54, 1.807) is 0 Å². The first kappa shape index (κ1) is 15.4. The van der Waals surface area contributed by atoms with Crippen molar-refractivity contribution in [2.75, 3.05) is 26.7 Å². The highest BCUT2D eigenvalue weighted by atomic mass is 16.2. The second-order valence-electron chi connectivity index (χ2n) is 5.95. The predicted octanol–water partition coefficient (Wildman–Crippen LogP) is 1.30. The number of nitrogens with zero attached hydrogens (tertiary/aromatic N) is 2. The van der Waals surface area contributed by atoms with E-state index >= 15 is 0 Å². The van der Waals surface area contributed by atoms with Crippen molar-refractivity contribution in [1.29, 1.82) is 0 Å². The molecule has 106 valence electrons. The SMILES string of the molecule is CCC1CN(C)CCCN1C(=O)C(N)CC(C)C. The molecule has 4 nitrogen and oxygen atoms in total. The Morgan fingerprint density at radius 1 is 1.39 bits per heavy atom. The molecule has 18 heavy (non-hydrogen) atoms. The summed E-state index contributed by atoms with van der Waals surface area (Å²) in [7, 11) is 2.13. The molecule has 1 heterocycles. The predicted molar refractivity (Wildman–Crippen MR) is 75.3 cm³/mol. The van der Waals surface area contributed by atoms with Crippen LogP contribution in [-0.2, 0) is 4.79 Å². The molecule has 1 aliphatic rings. The van der Waals surface area contributed by atoms with E-state index in [1.807, 2.05) is 4.90 Å². The lowest BCUT2D eigenvalue weighted by Crippen LogP contribution is -2.50. The molecule has 2 atom stereocenters. The molecule has 1 aliphatic heterocycles. The molecule has 0 spiro atoms. The standard InChI is InChI=1S/C14H29N3O/c1-5-12-10-16(4)7-6-8-17(12)14(18)13(15)9-11(2)3/h11-13H,5-10,15H2,1-4H3. The highest BCUT2D eigenvalue weighted by Crippen LogP contribution is 2.15. The Bertz CT molecular complexity index is 268. The summed E-state index contributed by atoms with van der Waals surface area (Å²) in [6.07, 6.45) is 2.83. The summed E-state index contributed by atoms with van der Waals surface area (Å²) in [5.74, 6) is 0.615. The molecular formula is C14H29N3O. The van der Waals surface area contributed by atoms with Gasteiger partial charge in [0.25, 0.3) is 0 Å². The van der Waals surface area contributed by atoms with Gasteiger partial charge in [-0.2, -0.15) is 0 Å². The molecule has 4 heteroatoms. The van der Waals surface area contributed by atoms with Crippen LogP contribution in [0.15, 0.2) is 0 Å². The molecule has 0 aromatic carbocycles. The highest BCUT2D eigenvalue weighted by Gasteiger charge is 2.29. The summed E-state index contributed by atoms with van der Waals surface area (Å²) in [4.78, 5) is 16.8. The fourth-order valence-corrected chi connectivity index (χ4v) is 2.70. The minimum atomic E-state index is -0.331. The molecule has 1 amide bonds. The van der Waals surface area contributed by atoms with E-state index in [1.165, 1.54) is 0 Å². The molecule has 2 unspecified atom stereocenters. The summed E-state index contributed by atoms with van der Waals surface area (Å²) in [6.45, 7) is 9.27. The van der Waals surface area contributed by atoms with Crippen LogP contribution in [0.1, 0.15) is 40.0 Å². The molecule has 0 aromatic heterocycles. The van der Waals surface area contributed by atoms with Crippen molar-refractivity contribution in [3.05, 3.63) is 0 Å². The maximum Gasteiger partial charge on any atom is 0.239 e. The van der Waals surface area contributed by atoms with Gasteiger partial charge in [-0.3, -0.25) is 4.79 Å². The van der Waals surface area contributed by atoms with Crippen LogP contribution in [0.5, 0.6) is 0 Å². The molecule has 0 aromatic rings. The van der Waals surface area contributed by atoms with E-state index < -0.39 is 0 Å². The zero-order chi connectivity index (χ0) is 13.7. The topological polar surface area (TPSA) is 49.6 Å². The van der Waals surface area contributed by atoms with Gasteiger partial charge in [0.2, 0.25) is 5.91 Å². The van der Waals surface area contributed by atoms with Crippen molar-refractivity contribution >= 4 is 5.91 Å². The van der Waals surface area contributed by atoms with E-state index in [2.05, 4.69) is 32.7 Å². The molecule has 0 saturated carbocycles. The Kier molecular flexibility index (Phi) is 6.09. The third-order valence-electron chi connectivity index (χ3n) is 3.70. The number of rotatable bonds is 4. The number of likely N-dealkylation sites (N-methyl/N-ethyl adjacent to an activating group) is 1. The van der Waals surface area contributed by atoms with Crippen LogP contribution in [0, 0.1) is 5.92 Å². The van der Waals surface area contributed by atoms with Crippen molar-refractivity contribution in [2.45, 2.75) is 52.1 Å². The minimum absolute atomic E-state index is 0.144. The maximum absolute atomic E-state index is 12.4. The van der Waals surface area contributed by atoms with Gasteiger partial charge in [0.15, 0.2) is 0 Å². The summed E-state index contributed by atoms with van der Waals surface area (Å²) < 4.78 is 0. The van der Waals surface area contributed by atoms with Crippen LogP contribution < -0.4 is 5.73 Å². The summed E-state index contributed by atoms with van der Waals surface area (Å²) in [6, 6.07) is -0.00864. The molecule has 0 aliphatic carbocycles. The summed E-state index contributed by atoms with van der Waals surface area (Å²) in [5.41, 5.74) is 6.05. The largest absolute Gasteiger partial charge is 0.337 e. The minimum Gasteiger partial charge on any atom is -0.337 e. The quantitative estimate of drug-likeness (QED) is 0.824.